The highest BCUT2D eigenvalue weighted by Crippen LogP contribution is 2.21. The number of ketones is 2. The van der Waals surface area contributed by atoms with E-state index in [-0.39, 0.29) is 21.8 Å². The van der Waals surface area contributed by atoms with Gasteiger partial charge in [0, 0.05) is 5.56 Å². The largest absolute Gasteiger partial charge is 0.289 e. The van der Waals surface area contributed by atoms with Gasteiger partial charge in [-0.05, 0) is 18.2 Å². The third kappa shape index (κ3) is 1.50. The molecule has 0 fully saturated rings. The Bertz CT molecular complexity index is 559. The molecule has 5 heteroatoms. The third-order valence-electron chi connectivity index (χ3n) is 2.14. The van der Waals surface area contributed by atoms with Crippen molar-refractivity contribution in [1.82, 2.24) is 0 Å². The number of hydrogen-bond acceptors (Lipinski definition) is 4. The molecule has 1 aromatic carbocycles. The fourth-order valence-corrected chi connectivity index (χ4v) is 2.10. The lowest BCUT2D eigenvalue weighted by molar-refractivity contribution is 0.0992. The van der Waals surface area contributed by atoms with Crippen molar-refractivity contribution in [3.8, 4) is 0 Å². The molecule has 0 saturated heterocycles. The van der Waals surface area contributed by atoms with Gasteiger partial charge in [0.1, 0.15) is 0 Å². The van der Waals surface area contributed by atoms with Gasteiger partial charge in [-0.2, -0.15) is 0 Å². The number of allylic oxidation sites excluding steroid dienone is 2. The van der Waals surface area contributed by atoms with Crippen LogP contribution in [0.15, 0.2) is 35.2 Å². The highest BCUT2D eigenvalue weighted by Gasteiger charge is 2.22. The summed E-state index contributed by atoms with van der Waals surface area (Å²) in [6.07, 6.45) is 2.24. The van der Waals surface area contributed by atoms with Gasteiger partial charge in [-0.15, -0.1) is 0 Å². The van der Waals surface area contributed by atoms with E-state index >= 15 is 0 Å². The van der Waals surface area contributed by atoms with Crippen molar-refractivity contribution in [3.63, 3.8) is 0 Å². The predicted molar refractivity (Wildman–Crippen MR) is 52.8 cm³/mol. The van der Waals surface area contributed by atoms with Crippen LogP contribution in [0.3, 0.4) is 0 Å². The normalized spacial score (nSPS) is 14.5. The van der Waals surface area contributed by atoms with Gasteiger partial charge >= 0.3 is 0 Å². The van der Waals surface area contributed by atoms with Crippen LogP contribution in [0.5, 0.6) is 0 Å². The average molecular weight is 222 g/mol. The van der Waals surface area contributed by atoms with Gasteiger partial charge in [-0.3, -0.25) is 9.59 Å². The van der Waals surface area contributed by atoms with Gasteiger partial charge < -0.3 is 0 Å². The Kier molecular flexibility index (Phi) is 2.24. The number of rotatable bonds is 1. The van der Waals surface area contributed by atoms with E-state index in [0.717, 1.165) is 12.2 Å². The Labute approximate surface area is 87.2 Å². The molecule has 1 aliphatic rings. The quantitative estimate of drug-likeness (QED) is 0.706. The molecule has 0 radical (unpaired) electrons. The number of carbonyl (C=O) groups excluding carboxylic acids is 2. The Morgan fingerprint density at radius 2 is 1.60 bits per heavy atom. The topological polar surface area (TPSA) is 68.3 Å². The number of hydrogen-bond donors (Lipinski definition) is 1. The molecule has 0 aromatic heterocycles. The molecular formula is C10H6O4S. The van der Waals surface area contributed by atoms with E-state index in [1.165, 1.54) is 18.2 Å². The molecule has 1 aromatic rings. The minimum atomic E-state index is -2.86. The van der Waals surface area contributed by atoms with Crippen molar-refractivity contribution >= 4 is 22.3 Å². The van der Waals surface area contributed by atoms with E-state index < -0.39 is 16.5 Å². The third-order valence-corrected chi connectivity index (χ3v) is 2.90. The lowest BCUT2D eigenvalue weighted by Gasteiger charge is -2.09. The summed E-state index contributed by atoms with van der Waals surface area (Å²) in [6.45, 7) is 0. The number of fused-ring (bicyclic) bond motifs is 1. The molecule has 0 aliphatic heterocycles. The lowest BCUT2D eigenvalue weighted by Crippen LogP contribution is -2.13. The van der Waals surface area contributed by atoms with E-state index in [9.17, 15) is 18.0 Å². The molecule has 4 nitrogen and oxygen atoms in total. The smallest absolute Gasteiger partial charge is 0.188 e. The average Bonchev–Trinajstić information content (AvgIpc) is 2.23. The zero-order valence-corrected chi connectivity index (χ0v) is 8.36. The first kappa shape index (κ1) is 9.79. The molecule has 1 aliphatic carbocycles. The first-order valence-corrected chi connectivity index (χ1v) is 5.33. The van der Waals surface area contributed by atoms with E-state index in [1.807, 2.05) is 0 Å². The summed E-state index contributed by atoms with van der Waals surface area (Å²) in [6, 6.07) is 4.21. The number of thiol groups is 1. The van der Waals surface area contributed by atoms with Crippen LogP contribution >= 0.6 is 0 Å². The summed E-state index contributed by atoms with van der Waals surface area (Å²) in [5.41, 5.74) is 0.139. The molecule has 15 heavy (non-hydrogen) atoms. The predicted octanol–water partition coefficient (Wildman–Crippen LogP) is 0.592. The molecule has 0 atom stereocenters. The Balaban J connectivity index is 2.82. The molecule has 2 rings (SSSR count). The number of carbonyl (C=O) groups is 2. The Morgan fingerprint density at radius 3 is 2.27 bits per heavy atom. The Morgan fingerprint density at radius 1 is 0.933 bits per heavy atom. The standard InChI is InChI=1S/C10H6O4S/c11-7-4-5-8(12)10-6(7)2-1-3-9(10)15(13)14/h1-5,15H. The van der Waals surface area contributed by atoms with E-state index in [1.54, 1.807) is 0 Å². The van der Waals surface area contributed by atoms with Crippen molar-refractivity contribution < 1.29 is 18.0 Å². The zero-order valence-electron chi connectivity index (χ0n) is 7.47. The molecule has 0 saturated carbocycles. The molecule has 0 spiro atoms. The van der Waals surface area contributed by atoms with Crippen molar-refractivity contribution in [1.29, 1.82) is 0 Å². The van der Waals surface area contributed by atoms with Gasteiger partial charge in [0.25, 0.3) is 0 Å². The second-order valence-electron chi connectivity index (χ2n) is 3.02. The van der Waals surface area contributed by atoms with Gasteiger partial charge in [-0.1, -0.05) is 12.1 Å². The fourth-order valence-electron chi connectivity index (χ4n) is 1.48. The van der Waals surface area contributed by atoms with E-state index in [4.69, 9.17) is 0 Å². The second-order valence-corrected chi connectivity index (χ2v) is 4.01. The van der Waals surface area contributed by atoms with Crippen LogP contribution in [0.2, 0.25) is 0 Å². The molecular weight excluding hydrogens is 216 g/mol. The highest BCUT2D eigenvalue weighted by atomic mass is 32.2. The van der Waals surface area contributed by atoms with Gasteiger partial charge in [0.15, 0.2) is 22.3 Å². The first-order valence-electron chi connectivity index (χ1n) is 4.15. The molecule has 76 valence electrons. The van der Waals surface area contributed by atoms with Crippen LogP contribution in [-0.2, 0) is 10.7 Å². The minimum Gasteiger partial charge on any atom is -0.289 e. The van der Waals surface area contributed by atoms with Crippen LogP contribution in [0.1, 0.15) is 20.7 Å². The van der Waals surface area contributed by atoms with Crippen LogP contribution in [0.25, 0.3) is 0 Å². The molecule has 0 bridgehead atoms. The van der Waals surface area contributed by atoms with Crippen molar-refractivity contribution in [2.24, 2.45) is 0 Å². The SMILES string of the molecule is O=C1C=CC(=O)c2c1cccc2[SH](=O)=O. The van der Waals surface area contributed by atoms with Crippen LogP contribution in [0, 0.1) is 0 Å². The summed E-state index contributed by atoms with van der Waals surface area (Å²) < 4.78 is 21.7. The van der Waals surface area contributed by atoms with E-state index in [2.05, 4.69) is 0 Å². The zero-order chi connectivity index (χ0) is 11.0. The van der Waals surface area contributed by atoms with Gasteiger partial charge in [-0.25, -0.2) is 8.42 Å². The highest BCUT2D eigenvalue weighted by molar-refractivity contribution is 7.72. The summed E-state index contributed by atoms with van der Waals surface area (Å²) in [4.78, 5) is 22.7. The Hall–Kier alpha value is -1.75. The maximum Gasteiger partial charge on any atom is 0.188 e. The molecule has 0 heterocycles. The van der Waals surface area contributed by atoms with Crippen LogP contribution < -0.4 is 0 Å². The molecule has 0 unspecified atom stereocenters. The van der Waals surface area contributed by atoms with Crippen molar-refractivity contribution in [3.05, 3.63) is 41.5 Å². The maximum absolute atomic E-state index is 11.4. The molecule has 0 N–H and O–H groups in total. The van der Waals surface area contributed by atoms with Gasteiger partial charge in [0.05, 0.1) is 10.5 Å². The summed E-state index contributed by atoms with van der Waals surface area (Å²) in [7, 11) is -2.86. The van der Waals surface area contributed by atoms with Crippen LogP contribution in [-0.4, -0.2) is 20.0 Å². The van der Waals surface area contributed by atoms with Gasteiger partial charge in [0.2, 0.25) is 0 Å². The van der Waals surface area contributed by atoms with Crippen LogP contribution in [0.4, 0.5) is 0 Å². The maximum atomic E-state index is 11.4. The summed E-state index contributed by atoms with van der Waals surface area (Å²) >= 11 is 0. The van der Waals surface area contributed by atoms with Crippen molar-refractivity contribution in [2.75, 3.05) is 0 Å². The number of benzene rings is 1. The first-order chi connectivity index (χ1) is 7.11. The van der Waals surface area contributed by atoms with E-state index in [0.29, 0.717) is 0 Å². The summed E-state index contributed by atoms with van der Waals surface area (Å²) in [5.74, 6) is -0.789. The monoisotopic (exact) mass is 222 g/mol. The minimum absolute atomic E-state index is 0.0129. The lowest BCUT2D eigenvalue weighted by atomic mass is 9.95. The van der Waals surface area contributed by atoms with Crippen molar-refractivity contribution in [2.45, 2.75) is 4.90 Å². The fraction of sp³-hybridized carbons (Fsp3) is 0. The molecule has 0 amide bonds. The summed E-state index contributed by atoms with van der Waals surface area (Å²) in [5, 5.41) is 0. The second kappa shape index (κ2) is 3.43.